The Bertz CT molecular complexity index is 2040. The van der Waals surface area contributed by atoms with Crippen LogP contribution in [-0.2, 0) is 47.9 Å². The third-order valence-electron chi connectivity index (χ3n) is 9.72. The van der Waals surface area contributed by atoms with E-state index in [-0.39, 0.29) is 11.4 Å². The van der Waals surface area contributed by atoms with Gasteiger partial charge < -0.3 is 85.9 Å². The van der Waals surface area contributed by atoms with E-state index in [9.17, 15) is 78.0 Å². The topological polar surface area (TPSA) is 512 Å². The number of hydrogen-bond acceptors (Lipinski definition) is 18. The first-order valence-electron chi connectivity index (χ1n) is 21.0. The molecule has 382 valence electrons. The normalized spacial score (nSPS) is 14.2. The molecule has 0 aliphatic rings. The summed E-state index contributed by atoms with van der Waals surface area (Å²) in [5.41, 5.74) is 20.9. The van der Waals surface area contributed by atoms with E-state index in [2.05, 4.69) is 52.5 Å². The molecule has 2 heterocycles. The van der Waals surface area contributed by atoms with E-state index in [0.717, 1.165) is 0 Å². The molecule has 30 nitrogen and oxygen atoms in total. The van der Waals surface area contributed by atoms with Crippen LogP contribution < -0.4 is 65.5 Å². The van der Waals surface area contributed by atoms with E-state index in [0.29, 0.717) is 0 Å². The smallest absolute Gasteiger partial charge is 0.270 e. The summed E-state index contributed by atoms with van der Waals surface area (Å²) < 4.78 is 0. The van der Waals surface area contributed by atoms with Crippen molar-refractivity contribution in [1.29, 1.82) is 0 Å². The lowest BCUT2D eigenvalue weighted by Crippen LogP contribution is -2.60. The van der Waals surface area contributed by atoms with Crippen molar-refractivity contribution in [3.63, 3.8) is 0 Å². The van der Waals surface area contributed by atoms with Crippen molar-refractivity contribution >= 4 is 70.9 Å². The SMILES string of the molecule is NC(=O)CC[C@H](NC(=O)[C@H](CC[C@H](NC(=O)[C@H](CO)NC(=O)[C@H](CO)NC(=O)c1ccccn1)C(=O)N[C@@H](CCC(N)=O)C(N)=O)NC(=O)[C@H](CO)NC(=O)[C@H](CO)NC(=O)c1ccccn1)C(N)=O. The molecule has 2 aromatic heterocycles. The van der Waals surface area contributed by atoms with Gasteiger partial charge in [0.1, 0.15) is 59.7 Å². The van der Waals surface area contributed by atoms with E-state index in [4.69, 9.17) is 22.9 Å². The van der Waals surface area contributed by atoms with Crippen LogP contribution in [0, 0.1) is 0 Å². The predicted octanol–water partition coefficient (Wildman–Crippen LogP) is -9.47. The summed E-state index contributed by atoms with van der Waals surface area (Å²) in [6, 6.07) is -5.94. The van der Waals surface area contributed by atoms with Crippen LogP contribution in [0.15, 0.2) is 48.8 Å². The number of nitrogens with two attached hydrogens (primary N) is 4. The molecule has 0 aliphatic carbocycles. The molecule has 0 radical (unpaired) electrons. The maximum Gasteiger partial charge on any atom is 0.270 e. The van der Waals surface area contributed by atoms with Crippen LogP contribution >= 0.6 is 0 Å². The molecule has 20 N–H and O–H groups in total. The van der Waals surface area contributed by atoms with Gasteiger partial charge in [-0.2, -0.15) is 0 Å². The molecule has 0 unspecified atom stereocenters. The molecule has 0 saturated carbocycles. The van der Waals surface area contributed by atoms with E-state index < -0.39 is 184 Å². The molecule has 2 aromatic rings. The van der Waals surface area contributed by atoms with Gasteiger partial charge in [0.15, 0.2) is 0 Å². The highest BCUT2D eigenvalue weighted by atomic mass is 16.3. The second kappa shape index (κ2) is 29.5. The van der Waals surface area contributed by atoms with E-state index in [1.165, 1.54) is 48.8 Å². The average Bonchev–Trinajstić information content (AvgIpc) is 3.33. The monoisotopic (exact) mass is 988 g/mol. The molecule has 70 heavy (non-hydrogen) atoms. The largest absolute Gasteiger partial charge is 0.394 e. The van der Waals surface area contributed by atoms with Crippen molar-refractivity contribution in [2.24, 2.45) is 22.9 Å². The minimum atomic E-state index is -1.95. The van der Waals surface area contributed by atoms with E-state index in [1.54, 1.807) is 0 Å². The molecule has 0 bridgehead atoms. The summed E-state index contributed by atoms with van der Waals surface area (Å²) in [4.78, 5) is 162. The minimum absolute atomic E-state index is 0.155. The zero-order valence-electron chi connectivity index (χ0n) is 37.2. The Morgan fingerprint density at radius 2 is 0.657 bits per heavy atom. The van der Waals surface area contributed by atoms with E-state index in [1.807, 2.05) is 0 Å². The van der Waals surface area contributed by atoms with Crippen LogP contribution in [0.5, 0.6) is 0 Å². The second-order valence-electron chi connectivity index (χ2n) is 15.0. The molecule has 0 aliphatic heterocycles. The quantitative estimate of drug-likeness (QED) is 0.0333. The minimum Gasteiger partial charge on any atom is -0.394 e. The lowest BCUT2D eigenvalue weighted by molar-refractivity contribution is -0.135. The summed E-state index contributed by atoms with van der Waals surface area (Å²) in [5, 5.41) is 57.3. The van der Waals surface area contributed by atoms with E-state index >= 15 is 0 Å². The number of pyridine rings is 2. The first-order chi connectivity index (χ1) is 33.1. The van der Waals surface area contributed by atoms with Gasteiger partial charge in [-0.1, -0.05) is 12.1 Å². The van der Waals surface area contributed by atoms with Crippen LogP contribution in [0.4, 0.5) is 0 Å². The van der Waals surface area contributed by atoms with Crippen LogP contribution in [0.25, 0.3) is 0 Å². The highest BCUT2D eigenvalue weighted by Crippen LogP contribution is 2.09. The van der Waals surface area contributed by atoms with Crippen molar-refractivity contribution < 1.29 is 78.0 Å². The van der Waals surface area contributed by atoms with Gasteiger partial charge in [-0.15, -0.1) is 0 Å². The van der Waals surface area contributed by atoms with Gasteiger partial charge >= 0.3 is 0 Å². The number of aliphatic hydroxyl groups is 4. The fourth-order valence-electron chi connectivity index (χ4n) is 5.88. The van der Waals surface area contributed by atoms with Gasteiger partial charge in [-0.05, 0) is 49.9 Å². The third-order valence-corrected chi connectivity index (χ3v) is 9.72. The number of primary amides is 4. The van der Waals surface area contributed by atoms with Crippen molar-refractivity contribution in [3.8, 4) is 0 Å². The van der Waals surface area contributed by atoms with Crippen LogP contribution in [0.1, 0.15) is 59.5 Å². The Morgan fingerprint density at radius 1 is 0.386 bits per heavy atom. The number of aromatic nitrogens is 2. The number of carbonyl (C=O) groups is 12. The number of aliphatic hydroxyl groups excluding tert-OH is 4. The fourth-order valence-corrected chi connectivity index (χ4v) is 5.88. The molecule has 2 rings (SSSR count). The lowest BCUT2D eigenvalue weighted by Gasteiger charge is -2.28. The lowest BCUT2D eigenvalue weighted by atomic mass is 10.0. The molecule has 0 saturated heterocycles. The average molecular weight is 989 g/mol. The molecule has 0 spiro atoms. The summed E-state index contributed by atoms with van der Waals surface area (Å²) in [7, 11) is 0. The first kappa shape index (κ1) is 57.9. The van der Waals surface area contributed by atoms with Crippen LogP contribution in [0.3, 0.4) is 0 Å². The Labute approximate surface area is 397 Å². The standard InChI is InChI=1S/C40H56N14O16/c41-29(59)11-9-19(31(43)61)47-35(65)23(49-37(67)25(15-55)53-39(69)27(17-57)51-33(63)21-5-1-3-13-45-21)7-8-24(36(66)48-20(32(44)62)10-12-30(42)60)50-38(68)26(16-56)54-40(70)28(18-58)52-34(64)22-6-2-4-14-46-22/h1-6,13-14,19-20,23-28,55-58H,7-12,15-18H2,(H2,41,59)(H2,42,60)(H2,43,61)(H2,44,62)(H,47,65)(H,48,66)(H,49,67)(H,50,68)(H,51,63)(H,52,64)(H,53,69)(H,54,70)/t19-,20-,23-,24-,25-,26-,27-,28-/m0/s1. The second-order valence-corrected chi connectivity index (χ2v) is 15.0. The van der Waals surface area contributed by atoms with Crippen LogP contribution in [0.2, 0.25) is 0 Å². The zero-order chi connectivity index (χ0) is 52.5. The fraction of sp³-hybridized carbons (Fsp3) is 0.450. The molecule has 0 fully saturated rings. The number of nitrogens with zero attached hydrogens (tertiary/aromatic N) is 2. The zero-order valence-corrected chi connectivity index (χ0v) is 37.2. The van der Waals surface area contributed by atoms with Gasteiger partial charge in [-0.3, -0.25) is 67.5 Å². The van der Waals surface area contributed by atoms with Crippen molar-refractivity contribution in [2.75, 3.05) is 26.4 Å². The van der Waals surface area contributed by atoms with Gasteiger partial charge in [0.25, 0.3) is 11.8 Å². The van der Waals surface area contributed by atoms with Crippen LogP contribution in [-0.4, -0.2) is 176 Å². The van der Waals surface area contributed by atoms with Crippen molar-refractivity contribution in [2.45, 2.75) is 86.9 Å². The van der Waals surface area contributed by atoms with Crippen molar-refractivity contribution in [3.05, 3.63) is 60.2 Å². The highest BCUT2D eigenvalue weighted by Gasteiger charge is 2.35. The van der Waals surface area contributed by atoms with Gasteiger partial charge in [0, 0.05) is 25.2 Å². The summed E-state index contributed by atoms with van der Waals surface area (Å²) in [6.45, 7) is -4.40. The predicted molar refractivity (Wildman–Crippen MR) is 235 cm³/mol. The van der Waals surface area contributed by atoms with Gasteiger partial charge in [0.2, 0.25) is 59.1 Å². The van der Waals surface area contributed by atoms with Gasteiger partial charge in [0.05, 0.1) is 26.4 Å². The summed E-state index contributed by atoms with van der Waals surface area (Å²) in [6.07, 6.45) is -0.814. The molecule has 30 heteroatoms. The van der Waals surface area contributed by atoms with Crippen molar-refractivity contribution in [1.82, 2.24) is 52.5 Å². The number of carbonyl (C=O) groups excluding carboxylic acids is 12. The maximum absolute atomic E-state index is 13.8. The third kappa shape index (κ3) is 19.6. The highest BCUT2D eigenvalue weighted by molar-refractivity contribution is 6.00. The number of amides is 12. The number of nitrogens with one attached hydrogen (secondary N) is 8. The Hall–Kier alpha value is -8.22. The summed E-state index contributed by atoms with van der Waals surface area (Å²) in [5.74, 6) is -13.6. The molecular formula is C40H56N14O16. The Morgan fingerprint density at radius 3 is 0.914 bits per heavy atom. The number of rotatable bonds is 31. The molecule has 8 atom stereocenters. The Kier molecular flexibility index (Phi) is 24.4. The molecule has 12 amide bonds. The Balaban J connectivity index is 2.49. The molecular weight excluding hydrogens is 933 g/mol. The number of hydrogen-bond donors (Lipinski definition) is 16. The first-order valence-corrected chi connectivity index (χ1v) is 21.0. The van der Waals surface area contributed by atoms with Gasteiger partial charge in [-0.25, -0.2) is 0 Å². The summed E-state index contributed by atoms with van der Waals surface area (Å²) >= 11 is 0. The molecule has 0 aromatic carbocycles. The maximum atomic E-state index is 13.8.